The van der Waals surface area contributed by atoms with Crippen molar-refractivity contribution in [1.82, 2.24) is 0 Å². The van der Waals surface area contributed by atoms with Crippen LogP contribution in [0, 0.1) is 0 Å². The average molecular weight is 233 g/mol. The van der Waals surface area contributed by atoms with E-state index in [0.29, 0.717) is 19.0 Å². The van der Waals surface area contributed by atoms with Gasteiger partial charge in [0.05, 0.1) is 13.2 Å². The van der Waals surface area contributed by atoms with Gasteiger partial charge in [-0.25, -0.2) is 0 Å². The van der Waals surface area contributed by atoms with Gasteiger partial charge in [0.25, 0.3) is 0 Å². The lowest BCUT2D eigenvalue weighted by atomic mass is 9.80. The van der Waals surface area contributed by atoms with Crippen LogP contribution in [0.15, 0.2) is 18.2 Å². The molecule has 0 aliphatic carbocycles. The normalized spacial score (nSPS) is 11.3. The number of rotatable bonds is 5. The molecule has 1 rings (SSSR count). The minimum atomic E-state index is -5.00. The fraction of sp³-hybridized carbons (Fsp3) is 0.400. The number of ether oxygens (including phenoxy) is 2. The van der Waals surface area contributed by atoms with Crippen molar-refractivity contribution in [1.29, 1.82) is 0 Å². The summed E-state index contributed by atoms with van der Waals surface area (Å²) in [6.07, 6.45) is 0. The zero-order chi connectivity index (χ0) is 12.2. The van der Waals surface area contributed by atoms with Crippen molar-refractivity contribution in [2.45, 2.75) is 13.8 Å². The summed E-state index contributed by atoms with van der Waals surface area (Å²) >= 11 is 0. The molecule has 1 aromatic rings. The van der Waals surface area contributed by atoms with Crippen LogP contribution in [0.4, 0.5) is 12.9 Å². The number of halogens is 3. The summed E-state index contributed by atoms with van der Waals surface area (Å²) in [6, 6.07) is 3.28. The Hall–Kier alpha value is -1.33. The molecule has 0 spiro atoms. The first-order chi connectivity index (χ1) is 7.49. The first-order valence-electron chi connectivity index (χ1n) is 5.08. The second-order valence-corrected chi connectivity index (χ2v) is 3.15. The van der Waals surface area contributed by atoms with E-state index in [9.17, 15) is 12.9 Å². The first-order valence-corrected chi connectivity index (χ1v) is 5.08. The molecule has 0 unspecified atom stereocenters. The van der Waals surface area contributed by atoms with Crippen molar-refractivity contribution < 1.29 is 22.4 Å². The van der Waals surface area contributed by atoms with Gasteiger partial charge in [0, 0.05) is 0 Å². The fourth-order valence-electron chi connectivity index (χ4n) is 1.27. The summed E-state index contributed by atoms with van der Waals surface area (Å²) in [5.41, 5.74) is -0.674. The van der Waals surface area contributed by atoms with Gasteiger partial charge in [0.1, 0.15) is 0 Å². The van der Waals surface area contributed by atoms with Crippen molar-refractivity contribution in [2.24, 2.45) is 0 Å². The minimum absolute atomic E-state index is 0.140. The average Bonchev–Trinajstić information content (AvgIpc) is 2.19. The maximum Gasteiger partial charge on any atom is 0.509 e. The highest BCUT2D eigenvalue weighted by atomic mass is 19.4. The zero-order valence-electron chi connectivity index (χ0n) is 9.17. The van der Waals surface area contributed by atoms with Gasteiger partial charge in [-0.15, -0.1) is 5.46 Å². The molecule has 0 N–H and O–H groups in total. The molecule has 0 aromatic heterocycles. The molecular weight excluding hydrogens is 220 g/mol. The fourth-order valence-corrected chi connectivity index (χ4v) is 1.27. The predicted octanol–water partition coefficient (Wildman–Crippen LogP) is 2.54. The van der Waals surface area contributed by atoms with E-state index in [0.717, 1.165) is 12.1 Å². The summed E-state index contributed by atoms with van der Waals surface area (Å²) in [4.78, 5) is 0. The van der Waals surface area contributed by atoms with Crippen molar-refractivity contribution in [2.75, 3.05) is 13.2 Å². The lowest BCUT2D eigenvalue weighted by molar-refractivity contribution is 0.288. The summed E-state index contributed by atoms with van der Waals surface area (Å²) in [5, 5.41) is 0. The summed E-state index contributed by atoms with van der Waals surface area (Å²) < 4.78 is 47.8. The summed E-state index contributed by atoms with van der Waals surface area (Å²) in [7, 11) is 0. The van der Waals surface area contributed by atoms with Gasteiger partial charge in [0.15, 0.2) is 11.5 Å². The molecule has 0 atom stereocenters. The van der Waals surface area contributed by atoms with Gasteiger partial charge in [-0.3, -0.25) is 0 Å². The van der Waals surface area contributed by atoms with Crippen LogP contribution in [-0.4, -0.2) is 20.2 Å². The Kier molecular flexibility index (Phi) is 4.09. The molecule has 0 saturated heterocycles. The Bertz CT molecular complexity index is 352. The van der Waals surface area contributed by atoms with Gasteiger partial charge in [-0.2, -0.15) is 0 Å². The number of benzene rings is 1. The second kappa shape index (κ2) is 5.14. The van der Waals surface area contributed by atoms with Crippen molar-refractivity contribution >= 4 is 12.4 Å². The zero-order valence-corrected chi connectivity index (χ0v) is 9.17. The third kappa shape index (κ3) is 3.08. The molecule has 0 aliphatic rings. The van der Waals surface area contributed by atoms with Gasteiger partial charge in [0.2, 0.25) is 0 Å². The molecule has 16 heavy (non-hydrogen) atoms. The molecule has 0 amide bonds. The molecule has 0 radical (unpaired) electrons. The van der Waals surface area contributed by atoms with Crippen molar-refractivity contribution in [3.63, 3.8) is 0 Å². The van der Waals surface area contributed by atoms with Crippen LogP contribution in [0.2, 0.25) is 0 Å². The van der Waals surface area contributed by atoms with E-state index in [-0.39, 0.29) is 5.75 Å². The van der Waals surface area contributed by atoms with Gasteiger partial charge >= 0.3 is 6.98 Å². The highest BCUT2D eigenvalue weighted by Gasteiger charge is 2.26. The molecule has 0 aliphatic heterocycles. The van der Waals surface area contributed by atoms with Crippen LogP contribution in [0.25, 0.3) is 0 Å². The van der Waals surface area contributed by atoms with Crippen LogP contribution in [0.1, 0.15) is 13.8 Å². The van der Waals surface area contributed by atoms with E-state index < -0.39 is 12.4 Å². The Morgan fingerprint density at radius 3 is 2.06 bits per heavy atom. The Morgan fingerprint density at radius 2 is 1.56 bits per heavy atom. The van der Waals surface area contributed by atoms with Crippen molar-refractivity contribution in [3.05, 3.63) is 18.2 Å². The summed E-state index contributed by atoms with van der Waals surface area (Å²) in [6.45, 7) is -0.843. The first kappa shape index (κ1) is 12.7. The van der Waals surface area contributed by atoms with Crippen LogP contribution in [-0.2, 0) is 0 Å². The lowest BCUT2D eigenvalue weighted by Crippen LogP contribution is -2.33. The van der Waals surface area contributed by atoms with Crippen LogP contribution >= 0.6 is 0 Å². The van der Waals surface area contributed by atoms with Gasteiger partial charge in [-0.1, -0.05) is 6.07 Å². The molecule has 0 fully saturated rings. The molecular formula is C10H13BF3O2-. The third-order valence-electron chi connectivity index (χ3n) is 1.95. The third-order valence-corrected chi connectivity index (χ3v) is 1.95. The smallest absolute Gasteiger partial charge is 0.490 e. The molecule has 0 heterocycles. The number of hydrogen-bond donors (Lipinski definition) is 0. The maximum absolute atomic E-state index is 12.5. The monoisotopic (exact) mass is 233 g/mol. The molecule has 0 bridgehead atoms. The lowest BCUT2D eigenvalue weighted by Gasteiger charge is -2.18. The van der Waals surface area contributed by atoms with E-state index >= 15 is 0 Å². The standard InChI is InChI=1S/C10H13BF3O2/c1-3-15-9-6-5-8(11(12,13)14)7-10(9)16-4-2/h5-7H,3-4H2,1-2H3/q-1. The topological polar surface area (TPSA) is 18.5 Å². The minimum Gasteiger partial charge on any atom is -0.490 e. The van der Waals surface area contributed by atoms with Gasteiger partial charge in [-0.05, 0) is 26.0 Å². The van der Waals surface area contributed by atoms with E-state index in [1.54, 1.807) is 13.8 Å². The highest BCUT2D eigenvalue weighted by Crippen LogP contribution is 2.27. The molecule has 1 aromatic carbocycles. The Morgan fingerprint density at radius 1 is 1.00 bits per heavy atom. The quantitative estimate of drug-likeness (QED) is 0.727. The molecule has 6 heteroatoms. The van der Waals surface area contributed by atoms with E-state index in [1.807, 2.05) is 0 Å². The second-order valence-electron chi connectivity index (χ2n) is 3.15. The van der Waals surface area contributed by atoms with Crippen LogP contribution in [0.5, 0.6) is 11.5 Å². The van der Waals surface area contributed by atoms with Crippen molar-refractivity contribution in [3.8, 4) is 11.5 Å². The Labute approximate surface area is 92.4 Å². The SMILES string of the molecule is CCOc1ccc([B-](F)(F)F)cc1OCC. The summed E-state index contributed by atoms with van der Waals surface area (Å²) in [5.74, 6) is 0.481. The largest absolute Gasteiger partial charge is 0.509 e. The van der Waals surface area contributed by atoms with Gasteiger partial charge < -0.3 is 22.4 Å². The predicted molar refractivity (Wildman–Crippen MR) is 57.5 cm³/mol. The Balaban J connectivity index is 3.06. The van der Waals surface area contributed by atoms with E-state index in [1.165, 1.54) is 6.07 Å². The van der Waals surface area contributed by atoms with Crippen LogP contribution in [0.3, 0.4) is 0 Å². The number of hydrogen-bond acceptors (Lipinski definition) is 2. The molecule has 90 valence electrons. The molecule has 2 nitrogen and oxygen atoms in total. The van der Waals surface area contributed by atoms with E-state index in [2.05, 4.69) is 0 Å². The maximum atomic E-state index is 12.5. The molecule has 0 saturated carbocycles. The highest BCUT2D eigenvalue weighted by molar-refractivity contribution is 6.73. The van der Waals surface area contributed by atoms with E-state index in [4.69, 9.17) is 9.47 Å². The van der Waals surface area contributed by atoms with Crippen LogP contribution < -0.4 is 14.9 Å².